The number of hydrogen-bond donors (Lipinski definition) is 2. The molecule has 2 heteroatoms. The van der Waals surface area contributed by atoms with Crippen molar-refractivity contribution >= 4 is 0 Å². The highest BCUT2D eigenvalue weighted by molar-refractivity contribution is 4.60. The van der Waals surface area contributed by atoms with E-state index in [1.165, 1.54) is 44.9 Å². The van der Waals surface area contributed by atoms with Crippen molar-refractivity contribution in [1.82, 2.24) is 0 Å². The molecule has 0 aromatic rings. The van der Waals surface area contributed by atoms with Crippen LogP contribution < -0.4 is 0 Å². The van der Waals surface area contributed by atoms with Gasteiger partial charge in [0, 0.05) is 0 Å². The summed E-state index contributed by atoms with van der Waals surface area (Å²) in [7, 11) is 0. The molecule has 122 valence electrons. The molecule has 0 aromatic carbocycles. The first-order valence-electron chi connectivity index (χ1n) is 9.06. The Bertz CT molecular complexity index is 182. The van der Waals surface area contributed by atoms with Crippen LogP contribution in [0.1, 0.15) is 104 Å². The first-order chi connectivity index (χ1) is 9.70. The smallest absolute Gasteiger partial charge is 0.0540 e. The molecule has 0 bridgehead atoms. The number of aliphatic hydroxyl groups is 2. The van der Waals surface area contributed by atoms with Gasteiger partial charge in [-0.3, -0.25) is 0 Å². The number of rotatable bonds is 15. The summed E-state index contributed by atoms with van der Waals surface area (Å²) < 4.78 is 0. The molecule has 0 radical (unpaired) electrons. The Hall–Kier alpha value is -0.0800. The molecule has 0 saturated heterocycles. The van der Waals surface area contributed by atoms with Gasteiger partial charge in [0.1, 0.15) is 0 Å². The molecule has 2 N–H and O–H groups in total. The first kappa shape index (κ1) is 19.9. The largest absolute Gasteiger partial charge is 0.393 e. The molecule has 0 saturated carbocycles. The van der Waals surface area contributed by atoms with E-state index in [1.54, 1.807) is 0 Å². The number of unbranched alkanes of at least 4 members (excludes halogenated alkanes) is 7. The fourth-order valence-corrected chi connectivity index (χ4v) is 2.72. The Kier molecular flexibility index (Phi) is 15.3. The van der Waals surface area contributed by atoms with Crippen LogP contribution in [0.15, 0.2) is 0 Å². The summed E-state index contributed by atoms with van der Waals surface area (Å²) in [6.07, 6.45) is 15.8. The molecule has 2 nitrogen and oxygen atoms in total. The topological polar surface area (TPSA) is 40.5 Å². The van der Waals surface area contributed by atoms with Gasteiger partial charge in [-0.1, -0.05) is 71.6 Å². The summed E-state index contributed by atoms with van der Waals surface area (Å²) in [4.78, 5) is 0. The third-order valence-electron chi connectivity index (χ3n) is 4.09. The molecule has 0 heterocycles. The maximum absolute atomic E-state index is 9.88. The Morgan fingerprint density at radius 1 is 0.500 bits per heavy atom. The van der Waals surface area contributed by atoms with Crippen LogP contribution in [-0.4, -0.2) is 22.4 Å². The lowest BCUT2D eigenvalue weighted by Crippen LogP contribution is -2.10. The molecule has 0 aliphatic carbocycles. The molecular weight excluding hydrogens is 248 g/mol. The van der Waals surface area contributed by atoms with E-state index in [2.05, 4.69) is 13.8 Å². The second kappa shape index (κ2) is 15.3. The van der Waals surface area contributed by atoms with Crippen LogP contribution in [0.4, 0.5) is 0 Å². The highest BCUT2D eigenvalue weighted by Crippen LogP contribution is 2.14. The predicted octanol–water partition coefficient (Wildman–Crippen LogP) is 5.21. The van der Waals surface area contributed by atoms with Crippen molar-refractivity contribution in [1.29, 1.82) is 0 Å². The summed E-state index contributed by atoms with van der Waals surface area (Å²) in [5.74, 6) is 0. The summed E-state index contributed by atoms with van der Waals surface area (Å²) >= 11 is 0. The van der Waals surface area contributed by atoms with E-state index in [-0.39, 0.29) is 12.2 Å². The molecule has 20 heavy (non-hydrogen) atoms. The standard InChI is InChI=1S/C18H38O2/c1-3-5-6-7-8-9-10-11-14-18(20)16-12-15-17(19)13-4-2/h17-20H,3-16H2,1-2H3. The lowest BCUT2D eigenvalue weighted by molar-refractivity contribution is 0.122. The lowest BCUT2D eigenvalue weighted by atomic mass is 10.0. The fraction of sp³-hybridized carbons (Fsp3) is 1.00. The Labute approximate surface area is 127 Å². The van der Waals surface area contributed by atoms with Gasteiger partial charge in [-0.25, -0.2) is 0 Å². The normalized spacial score (nSPS) is 14.4. The minimum atomic E-state index is -0.157. The number of aliphatic hydroxyl groups excluding tert-OH is 2. The lowest BCUT2D eigenvalue weighted by Gasteiger charge is -2.12. The average Bonchev–Trinajstić information content (AvgIpc) is 2.42. The molecule has 0 aliphatic heterocycles. The molecule has 0 spiro atoms. The molecular formula is C18H38O2. The molecule has 2 atom stereocenters. The predicted molar refractivity (Wildman–Crippen MR) is 88.0 cm³/mol. The van der Waals surface area contributed by atoms with Gasteiger partial charge in [0.25, 0.3) is 0 Å². The van der Waals surface area contributed by atoms with Gasteiger partial charge in [0.2, 0.25) is 0 Å². The summed E-state index contributed by atoms with van der Waals surface area (Å²) in [6, 6.07) is 0. The molecule has 0 fully saturated rings. The minimum Gasteiger partial charge on any atom is -0.393 e. The van der Waals surface area contributed by atoms with E-state index in [4.69, 9.17) is 0 Å². The maximum Gasteiger partial charge on any atom is 0.0540 e. The van der Waals surface area contributed by atoms with Crippen LogP contribution >= 0.6 is 0 Å². The second-order valence-electron chi connectivity index (χ2n) is 6.29. The van der Waals surface area contributed by atoms with Crippen LogP contribution in [-0.2, 0) is 0 Å². The van der Waals surface area contributed by atoms with Gasteiger partial charge in [-0.05, 0) is 32.1 Å². The van der Waals surface area contributed by atoms with E-state index in [0.29, 0.717) is 0 Å². The second-order valence-corrected chi connectivity index (χ2v) is 6.29. The highest BCUT2D eigenvalue weighted by Gasteiger charge is 2.07. The Morgan fingerprint density at radius 2 is 0.950 bits per heavy atom. The van der Waals surface area contributed by atoms with Crippen LogP contribution in [0.2, 0.25) is 0 Å². The third kappa shape index (κ3) is 14.3. The monoisotopic (exact) mass is 286 g/mol. The molecule has 0 aliphatic rings. The van der Waals surface area contributed by atoms with Gasteiger partial charge in [0.05, 0.1) is 12.2 Å². The van der Waals surface area contributed by atoms with E-state index in [1.807, 2.05) is 0 Å². The van der Waals surface area contributed by atoms with Crippen molar-refractivity contribution < 1.29 is 10.2 Å². The van der Waals surface area contributed by atoms with E-state index >= 15 is 0 Å². The van der Waals surface area contributed by atoms with Crippen LogP contribution in [0.5, 0.6) is 0 Å². The summed E-state index contributed by atoms with van der Waals surface area (Å²) in [5, 5.41) is 19.5. The van der Waals surface area contributed by atoms with Crippen LogP contribution in [0.3, 0.4) is 0 Å². The van der Waals surface area contributed by atoms with Gasteiger partial charge >= 0.3 is 0 Å². The number of hydrogen-bond acceptors (Lipinski definition) is 2. The van der Waals surface area contributed by atoms with Crippen LogP contribution in [0.25, 0.3) is 0 Å². The zero-order chi connectivity index (χ0) is 15.1. The zero-order valence-electron chi connectivity index (χ0n) is 13.9. The van der Waals surface area contributed by atoms with Crippen molar-refractivity contribution in [2.24, 2.45) is 0 Å². The van der Waals surface area contributed by atoms with E-state index in [0.717, 1.165) is 44.9 Å². The van der Waals surface area contributed by atoms with Gasteiger partial charge in [-0.2, -0.15) is 0 Å². The molecule has 0 aromatic heterocycles. The average molecular weight is 287 g/mol. The summed E-state index contributed by atoms with van der Waals surface area (Å²) in [5.41, 5.74) is 0. The molecule has 0 rings (SSSR count). The molecule has 2 unspecified atom stereocenters. The Morgan fingerprint density at radius 3 is 1.50 bits per heavy atom. The van der Waals surface area contributed by atoms with Gasteiger partial charge < -0.3 is 10.2 Å². The van der Waals surface area contributed by atoms with Crippen molar-refractivity contribution in [2.45, 2.75) is 116 Å². The minimum absolute atomic E-state index is 0.149. The van der Waals surface area contributed by atoms with Gasteiger partial charge in [0.15, 0.2) is 0 Å². The maximum atomic E-state index is 9.88. The van der Waals surface area contributed by atoms with E-state index < -0.39 is 0 Å². The Balaban J connectivity index is 3.22. The van der Waals surface area contributed by atoms with Crippen molar-refractivity contribution in [3.8, 4) is 0 Å². The molecule has 0 amide bonds. The van der Waals surface area contributed by atoms with Crippen molar-refractivity contribution in [3.63, 3.8) is 0 Å². The van der Waals surface area contributed by atoms with Gasteiger partial charge in [-0.15, -0.1) is 0 Å². The quantitative estimate of drug-likeness (QED) is 0.406. The first-order valence-corrected chi connectivity index (χ1v) is 9.06. The SMILES string of the molecule is CCCCCCCCCCC(O)CCCC(O)CCC. The van der Waals surface area contributed by atoms with Crippen molar-refractivity contribution in [2.75, 3.05) is 0 Å². The fourth-order valence-electron chi connectivity index (χ4n) is 2.72. The third-order valence-corrected chi connectivity index (χ3v) is 4.09. The highest BCUT2D eigenvalue weighted by atomic mass is 16.3. The van der Waals surface area contributed by atoms with E-state index in [9.17, 15) is 10.2 Å². The zero-order valence-corrected chi connectivity index (χ0v) is 13.9. The van der Waals surface area contributed by atoms with Crippen LogP contribution in [0, 0.1) is 0 Å². The van der Waals surface area contributed by atoms with Crippen molar-refractivity contribution in [3.05, 3.63) is 0 Å². The summed E-state index contributed by atoms with van der Waals surface area (Å²) in [6.45, 7) is 4.35.